The summed E-state index contributed by atoms with van der Waals surface area (Å²) in [6, 6.07) is 7.94. The van der Waals surface area contributed by atoms with Gasteiger partial charge >= 0.3 is 6.36 Å². The molecular formula is C22H19F3N4O3. The molecule has 1 saturated carbocycles. The highest BCUT2D eigenvalue weighted by atomic mass is 19.4. The van der Waals surface area contributed by atoms with E-state index in [1.54, 1.807) is 12.3 Å². The number of aliphatic imine (C=N–C) groups is 1. The smallest absolute Gasteiger partial charge is 0.406 e. The summed E-state index contributed by atoms with van der Waals surface area (Å²) in [5.41, 5.74) is 1.64. The van der Waals surface area contributed by atoms with E-state index in [4.69, 9.17) is 0 Å². The molecule has 32 heavy (non-hydrogen) atoms. The summed E-state index contributed by atoms with van der Waals surface area (Å²) in [6.07, 6.45) is 1.65. The number of nitrogens with zero attached hydrogens (tertiary/aromatic N) is 2. The zero-order chi connectivity index (χ0) is 22.7. The SMILES string of the molecule is O=C(NC1CN=CC=C1c1ccc(OC(F)(F)F)cc1)c1ccnc(NC(=O)C2CC2)c1. The molecule has 7 nitrogen and oxygen atoms in total. The standard InChI is InChI=1S/C22H19F3N4O3/c23-22(24,25)32-16-5-3-13(4-6-16)17-8-9-26-12-18(17)28-21(31)15-7-10-27-19(11-15)29-20(30)14-1-2-14/h3-11,14,18H,1-2,12H2,(H,28,31)(H,27,29,30). The zero-order valence-electron chi connectivity index (χ0n) is 16.7. The molecule has 1 aromatic carbocycles. The van der Waals surface area contributed by atoms with Gasteiger partial charge in [-0.25, -0.2) is 4.98 Å². The van der Waals surface area contributed by atoms with Gasteiger partial charge < -0.3 is 15.4 Å². The van der Waals surface area contributed by atoms with Gasteiger partial charge in [0.1, 0.15) is 11.6 Å². The summed E-state index contributed by atoms with van der Waals surface area (Å²) in [5, 5.41) is 5.58. The first-order chi connectivity index (χ1) is 15.3. The van der Waals surface area contributed by atoms with Gasteiger partial charge in [0.2, 0.25) is 5.91 Å². The number of carbonyl (C=O) groups excluding carboxylic acids is 2. The van der Waals surface area contributed by atoms with Crippen LogP contribution in [-0.4, -0.2) is 42.0 Å². The van der Waals surface area contributed by atoms with Crippen LogP contribution in [0.4, 0.5) is 19.0 Å². The lowest BCUT2D eigenvalue weighted by atomic mass is 9.96. The van der Waals surface area contributed by atoms with Gasteiger partial charge in [-0.1, -0.05) is 12.1 Å². The fourth-order valence-corrected chi connectivity index (χ4v) is 3.24. The predicted molar refractivity (Wildman–Crippen MR) is 111 cm³/mol. The lowest BCUT2D eigenvalue weighted by molar-refractivity contribution is -0.274. The Morgan fingerprint density at radius 1 is 1.09 bits per heavy atom. The van der Waals surface area contributed by atoms with E-state index >= 15 is 0 Å². The van der Waals surface area contributed by atoms with Gasteiger partial charge in [0.15, 0.2) is 0 Å². The van der Waals surface area contributed by atoms with Crippen LogP contribution < -0.4 is 15.4 Å². The third kappa shape index (κ3) is 5.51. The number of benzene rings is 1. The average molecular weight is 444 g/mol. The first kappa shape index (κ1) is 21.5. The maximum atomic E-state index is 12.8. The number of anilines is 1. The Hall–Kier alpha value is -3.69. The molecule has 2 amide bonds. The molecule has 10 heteroatoms. The van der Waals surface area contributed by atoms with Gasteiger partial charge in [0, 0.05) is 23.9 Å². The molecule has 2 heterocycles. The summed E-state index contributed by atoms with van der Waals surface area (Å²) in [4.78, 5) is 33.0. The highest BCUT2D eigenvalue weighted by Crippen LogP contribution is 2.30. The molecule has 1 unspecified atom stereocenters. The number of carbonyl (C=O) groups is 2. The average Bonchev–Trinajstić information content (AvgIpc) is 3.59. The maximum Gasteiger partial charge on any atom is 0.573 e. The van der Waals surface area contributed by atoms with E-state index in [0.717, 1.165) is 12.8 Å². The van der Waals surface area contributed by atoms with Crippen LogP contribution in [0, 0.1) is 5.92 Å². The van der Waals surface area contributed by atoms with Crippen LogP contribution in [0.5, 0.6) is 5.75 Å². The molecule has 1 atom stereocenters. The third-order valence-electron chi connectivity index (χ3n) is 4.97. The van der Waals surface area contributed by atoms with E-state index in [2.05, 4.69) is 25.3 Å². The van der Waals surface area contributed by atoms with Gasteiger partial charge in [0.05, 0.1) is 12.6 Å². The number of hydrogen-bond donors (Lipinski definition) is 2. The maximum absolute atomic E-state index is 12.8. The van der Waals surface area contributed by atoms with Crippen molar-refractivity contribution in [1.29, 1.82) is 0 Å². The molecule has 1 aliphatic heterocycles. The summed E-state index contributed by atoms with van der Waals surface area (Å²) in [6.45, 7) is 0.273. The summed E-state index contributed by atoms with van der Waals surface area (Å²) >= 11 is 0. The molecule has 0 spiro atoms. The number of aromatic nitrogens is 1. The van der Waals surface area contributed by atoms with Gasteiger partial charge in [-0.2, -0.15) is 0 Å². The van der Waals surface area contributed by atoms with E-state index in [-0.39, 0.29) is 30.0 Å². The first-order valence-corrected chi connectivity index (χ1v) is 9.92. The molecule has 1 aromatic heterocycles. The van der Waals surface area contributed by atoms with Crippen LogP contribution in [0.1, 0.15) is 28.8 Å². The first-order valence-electron chi connectivity index (χ1n) is 9.92. The van der Waals surface area contributed by atoms with Gasteiger partial charge in [-0.15, -0.1) is 13.2 Å². The van der Waals surface area contributed by atoms with Crippen LogP contribution in [0.15, 0.2) is 53.7 Å². The van der Waals surface area contributed by atoms with Crippen LogP contribution in [0.3, 0.4) is 0 Å². The number of ether oxygens (including phenoxy) is 1. The molecule has 0 bridgehead atoms. The molecule has 2 aromatic rings. The van der Waals surface area contributed by atoms with Crippen molar-refractivity contribution >= 4 is 29.4 Å². The van der Waals surface area contributed by atoms with Crippen LogP contribution in [-0.2, 0) is 4.79 Å². The van der Waals surface area contributed by atoms with Gasteiger partial charge in [0.25, 0.3) is 5.91 Å². The Balaban J connectivity index is 1.45. The minimum Gasteiger partial charge on any atom is -0.406 e. The molecule has 1 fully saturated rings. The number of nitrogens with one attached hydrogen (secondary N) is 2. The normalized spacial score (nSPS) is 18.0. The minimum absolute atomic E-state index is 0.00926. The minimum atomic E-state index is -4.77. The second-order valence-corrected chi connectivity index (χ2v) is 7.43. The Bertz CT molecular complexity index is 1080. The van der Waals surface area contributed by atoms with Crippen LogP contribution in [0.2, 0.25) is 0 Å². The molecule has 2 aliphatic rings. The van der Waals surface area contributed by atoms with Crippen molar-refractivity contribution in [1.82, 2.24) is 10.3 Å². The van der Waals surface area contributed by atoms with Gasteiger partial charge in [-0.05, 0) is 54.3 Å². The fourth-order valence-electron chi connectivity index (χ4n) is 3.24. The van der Waals surface area contributed by atoms with Crippen molar-refractivity contribution in [3.05, 3.63) is 59.8 Å². The number of halogens is 3. The van der Waals surface area contributed by atoms with Gasteiger partial charge in [-0.3, -0.25) is 14.6 Å². The monoisotopic (exact) mass is 444 g/mol. The van der Waals surface area contributed by atoms with Crippen molar-refractivity contribution in [2.45, 2.75) is 25.2 Å². The van der Waals surface area contributed by atoms with Crippen molar-refractivity contribution in [2.75, 3.05) is 11.9 Å². The number of pyridine rings is 1. The lowest BCUT2D eigenvalue weighted by Gasteiger charge is -2.23. The summed E-state index contributed by atoms with van der Waals surface area (Å²) in [5.74, 6) is -0.522. The van der Waals surface area contributed by atoms with Crippen molar-refractivity contribution in [2.24, 2.45) is 10.9 Å². The Kier molecular flexibility index (Phi) is 5.93. The number of amides is 2. The highest BCUT2D eigenvalue weighted by molar-refractivity contribution is 5.99. The third-order valence-corrected chi connectivity index (χ3v) is 4.97. The highest BCUT2D eigenvalue weighted by Gasteiger charge is 2.31. The molecule has 4 rings (SSSR count). The number of rotatable bonds is 6. The Labute approximate surface area is 181 Å². The largest absolute Gasteiger partial charge is 0.573 e. The van der Waals surface area contributed by atoms with E-state index in [1.807, 2.05) is 0 Å². The molecule has 166 valence electrons. The quantitative estimate of drug-likeness (QED) is 0.712. The van der Waals surface area contributed by atoms with Crippen LogP contribution in [0.25, 0.3) is 5.57 Å². The summed E-state index contributed by atoms with van der Waals surface area (Å²) in [7, 11) is 0. The summed E-state index contributed by atoms with van der Waals surface area (Å²) < 4.78 is 41.0. The van der Waals surface area contributed by atoms with Crippen LogP contribution >= 0.6 is 0 Å². The molecule has 0 radical (unpaired) electrons. The van der Waals surface area contributed by atoms with E-state index in [9.17, 15) is 22.8 Å². The topological polar surface area (TPSA) is 92.7 Å². The second kappa shape index (κ2) is 8.81. The number of hydrogen-bond acceptors (Lipinski definition) is 5. The molecule has 2 N–H and O–H groups in total. The number of allylic oxidation sites excluding steroid dienone is 1. The lowest BCUT2D eigenvalue weighted by Crippen LogP contribution is -2.39. The van der Waals surface area contributed by atoms with E-state index < -0.39 is 12.4 Å². The van der Waals surface area contributed by atoms with E-state index in [0.29, 0.717) is 22.5 Å². The molecular weight excluding hydrogens is 425 g/mol. The van der Waals surface area contributed by atoms with Crippen molar-refractivity contribution in [3.63, 3.8) is 0 Å². The van der Waals surface area contributed by atoms with E-state index in [1.165, 1.54) is 42.6 Å². The number of alkyl halides is 3. The Morgan fingerprint density at radius 2 is 1.84 bits per heavy atom. The molecule has 1 aliphatic carbocycles. The second-order valence-electron chi connectivity index (χ2n) is 7.43. The predicted octanol–water partition coefficient (Wildman–Crippen LogP) is 3.60. The van der Waals surface area contributed by atoms with Crippen molar-refractivity contribution in [3.8, 4) is 5.75 Å². The number of dihydropyridines is 1. The zero-order valence-corrected chi connectivity index (χ0v) is 16.7. The molecule has 0 saturated heterocycles. The van der Waals surface area contributed by atoms with Crippen molar-refractivity contribution < 1.29 is 27.5 Å². The fraction of sp³-hybridized carbons (Fsp3) is 0.273. The Morgan fingerprint density at radius 3 is 2.53 bits per heavy atom.